The molecule has 0 radical (unpaired) electrons. The maximum Gasteiger partial charge on any atom is 0.274 e. The van der Waals surface area contributed by atoms with Crippen molar-refractivity contribution in [1.29, 1.82) is 0 Å². The number of hydrogen-bond donors (Lipinski definition) is 0. The second-order valence-electron chi connectivity index (χ2n) is 4.99. The van der Waals surface area contributed by atoms with Gasteiger partial charge in [-0.3, -0.25) is 9.59 Å². The van der Waals surface area contributed by atoms with Gasteiger partial charge in [-0.2, -0.15) is 5.10 Å². The molecular formula is C14H21N3O2. The average molecular weight is 263 g/mol. The lowest BCUT2D eigenvalue weighted by Gasteiger charge is -2.26. The zero-order valence-electron chi connectivity index (χ0n) is 11.5. The Balaban J connectivity index is 2.14. The number of carbonyl (C=O) groups excluding carboxylic acids is 1. The predicted octanol–water partition coefficient (Wildman–Crippen LogP) is 1.67. The number of amides is 1. The van der Waals surface area contributed by atoms with Gasteiger partial charge in [0, 0.05) is 25.7 Å². The van der Waals surface area contributed by atoms with Crippen LogP contribution in [-0.2, 0) is 6.54 Å². The first-order valence-electron chi connectivity index (χ1n) is 7.10. The van der Waals surface area contributed by atoms with Gasteiger partial charge in [-0.1, -0.05) is 13.3 Å². The molecule has 1 aliphatic heterocycles. The number of carbonyl (C=O) groups is 1. The summed E-state index contributed by atoms with van der Waals surface area (Å²) in [6.07, 6.45) is 5.20. The minimum absolute atomic E-state index is 0.0510. The molecule has 1 fully saturated rings. The first-order valence-corrected chi connectivity index (χ1v) is 7.10. The highest BCUT2D eigenvalue weighted by Crippen LogP contribution is 2.11. The zero-order chi connectivity index (χ0) is 13.7. The Hall–Kier alpha value is -1.65. The predicted molar refractivity (Wildman–Crippen MR) is 73.2 cm³/mol. The van der Waals surface area contributed by atoms with Gasteiger partial charge in [-0.05, 0) is 31.7 Å². The van der Waals surface area contributed by atoms with Crippen LogP contribution in [0.4, 0.5) is 0 Å². The highest BCUT2D eigenvalue weighted by molar-refractivity contribution is 5.92. The monoisotopic (exact) mass is 263 g/mol. The van der Waals surface area contributed by atoms with Crippen molar-refractivity contribution in [3.05, 3.63) is 28.2 Å². The van der Waals surface area contributed by atoms with Crippen LogP contribution in [0.25, 0.3) is 0 Å². The average Bonchev–Trinajstić information content (AvgIpc) is 2.46. The Morgan fingerprint density at radius 3 is 2.68 bits per heavy atom. The van der Waals surface area contributed by atoms with E-state index >= 15 is 0 Å². The van der Waals surface area contributed by atoms with E-state index in [4.69, 9.17) is 0 Å². The van der Waals surface area contributed by atoms with Crippen LogP contribution < -0.4 is 5.56 Å². The Bertz CT molecular complexity index is 490. The molecule has 5 nitrogen and oxygen atoms in total. The van der Waals surface area contributed by atoms with Crippen LogP contribution in [0.1, 0.15) is 49.5 Å². The molecule has 0 N–H and O–H groups in total. The molecule has 0 spiro atoms. The molecule has 0 saturated carbocycles. The van der Waals surface area contributed by atoms with Gasteiger partial charge in [0.15, 0.2) is 0 Å². The Kier molecular flexibility index (Phi) is 4.71. The van der Waals surface area contributed by atoms with Gasteiger partial charge in [0.25, 0.3) is 11.5 Å². The van der Waals surface area contributed by atoms with Gasteiger partial charge < -0.3 is 4.90 Å². The summed E-state index contributed by atoms with van der Waals surface area (Å²) < 4.78 is 1.40. The third-order valence-electron chi connectivity index (χ3n) is 3.45. The fourth-order valence-electron chi connectivity index (χ4n) is 2.29. The summed E-state index contributed by atoms with van der Waals surface area (Å²) in [5.41, 5.74) is 0.251. The Labute approximate surface area is 113 Å². The van der Waals surface area contributed by atoms with Crippen LogP contribution in [0.5, 0.6) is 0 Å². The summed E-state index contributed by atoms with van der Waals surface area (Å²) >= 11 is 0. The molecule has 0 bridgehead atoms. The molecule has 0 aromatic carbocycles. The fraction of sp³-hybridized carbons (Fsp3) is 0.643. The normalized spacial score (nSPS) is 15.5. The van der Waals surface area contributed by atoms with Crippen molar-refractivity contribution in [1.82, 2.24) is 14.7 Å². The number of piperidine rings is 1. The first kappa shape index (κ1) is 13.8. The number of likely N-dealkylation sites (tertiary alicyclic amines) is 1. The van der Waals surface area contributed by atoms with Crippen molar-refractivity contribution in [3.8, 4) is 0 Å². The van der Waals surface area contributed by atoms with Crippen LogP contribution in [0.3, 0.4) is 0 Å². The molecule has 104 valence electrons. The van der Waals surface area contributed by atoms with Crippen LogP contribution >= 0.6 is 0 Å². The Morgan fingerprint density at radius 2 is 2.00 bits per heavy atom. The standard InChI is InChI=1S/C14H21N3O2/c1-2-3-11-17-13(18)8-7-12(15-17)14(19)16-9-5-4-6-10-16/h7-8H,2-6,9-11H2,1H3. The van der Waals surface area contributed by atoms with E-state index in [0.717, 1.165) is 38.8 Å². The van der Waals surface area contributed by atoms with E-state index < -0.39 is 0 Å². The topological polar surface area (TPSA) is 55.2 Å². The van der Waals surface area contributed by atoms with Crippen molar-refractivity contribution >= 4 is 5.91 Å². The van der Waals surface area contributed by atoms with E-state index in [1.165, 1.54) is 17.2 Å². The summed E-state index contributed by atoms with van der Waals surface area (Å²) in [7, 11) is 0. The molecule has 0 unspecified atom stereocenters. The van der Waals surface area contributed by atoms with E-state index in [-0.39, 0.29) is 11.5 Å². The summed E-state index contributed by atoms with van der Waals surface area (Å²) in [6.45, 7) is 4.24. The summed E-state index contributed by atoms with van der Waals surface area (Å²) in [5, 5.41) is 4.20. The van der Waals surface area contributed by atoms with Crippen LogP contribution in [-0.4, -0.2) is 33.7 Å². The fourth-order valence-corrected chi connectivity index (χ4v) is 2.29. The molecular weight excluding hydrogens is 242 g/mol. The van der Waals surface area contributed by atoms with Gasteiger partial charge in [0.2, 0.25) is 0 Å². The van der Waals surface area contributed by atoms with Crippen molar-refractivity contribution in [2.75, 3.05) is 13.1 Å². The van der Waals surface area contributed by atoms with Gasteiger partial charge in [0.1, 0.15) is 5.69 Å². The van der Waals surface area contributed by atoms with Gasteiger partial charge in [-0.25, -0.2) is 4.68 Å². The quantitative estimate of drug-likeness (QED) is 0.830. The zero-order valence-corrected chi connectivity index (χ0v) is 11.5. The minimum Gasteiger partial charge on any atom is -0.337 e. The molecule has 2 rings (SSSR count). The van der Waals surface area contributed by atoms with E-state index in [1.807, 2.05) is 4.90 Å². The maximum absolute atomic E-state index is 12.3. The van der Waals surface area contributed by atoms with Crippen molar-refractivity contribution < 1.29 is 4.79 Å². The molecule has 19 heavy (non-hydrogen) atoms. The van der Waals surface area contributed by atoms with Gasteiger partial charge in [-0.15, -0.1) is 0 Å². The van der Waals surface area contributed by atoms with Crippen molar-refractivity contribution in [3.63, 3.8) is 0 Å². The second-order valence-corrected chi connectivity index (χ2v) is 4.99. The molecule has 1 amide bonds. The third-order valence-corrected chi connectivity index (χ3v) is 3.45. The number of nitrogens with zero attached hydrogens (tertiary/aromatic N) is 3. The molecule has 1 aromatic rings. The lowest BCUT2D eigenvalue weighted by Crippen LogP contribution is -2.37. The molecule has 5 heteroatoms. The second kappa shape index (κ2) is 6.50. The molecule has 1 aliphatic rings. The van der Waals surface area contributed by atoms with Crippen LogP contribution in [0, 0.1) is 0 Å². The third kappa shape index (κ3) is 3.43. The number of aryl methyl sites for hydroxylation is 1. The number of rotatable bonds is 4. The van der Waals surface area contributed by atoms with E-state index in [1.54, 1.807) is 6.07 Å². The van der Waals surface area contributed by atoms with Crippen LogP contribution in [0.15, 0.2) is 16.9 Å². The molecule has 0 aliphatic carbocycles. The molecule has 1 saturated heterocycles. The minimum atomic E-state index is -0.136. The summed E-state index contributed by atoms with van der Waals surface area (Å²) in [6, 6.07) is 2.99. The van der Waals surface area contributed by atoms with Crippen molar-refractivity contribution in [2.45, 2.75) is 45.6 Å². The smallest absolute Gasteiger partial charge is 0.274 e. The lowest BCUT2D eigenvalue weighted by atomic mass is 10.1. The maximum atomic E-state index is 12.3. The largest absolute Gasteiger partial charge is 0.337 e. The highest BCUT2D eigenvalue weighted by atomic mass is 16.2. The Morgan fingerprint density at radius 1 is 1.26 bits per heavy atom. The molecule has 1 aromatic heterocycles. The van der Waals surface area contributed by atoms with Gasteiger partial charge >= 0.3 is 0 Å². The van der Waals surface area contributed by atoms with E-state index in [9.17, 15) is 9.59 Å². The summed E-state index contributed by atoms with van der Waals surface area (Å²) in [5.74, 6) is -0.0510. The van der Waals surface area contributed by atoms with E-state index in [2.05, 4.69) is 12.0 Å². The SMILES string of the molecule is CCCCn1nc(C(=O)N2CCCCC2)ccc1=O. The lowest BCUT2D eigenvalue weighted by molar-refractivity contribution is 0.0715. The van der Waals surface area contributed by atoms with Gasteiger partial charge in [0.05, 0.1) is 0 Å². The number of aromatic nitrogens is 2. The number of unbranched alkanes of at least 4 members (excludes halogenated alkanes) is 1. The van der Waals surface area contributed by atoms with Crippen LogP contribution in [0.2, 0.25) is 0 Å². The molecule has 2 heterocycles. The van der Waals surface area contributed by atoms with Crippen molar-refractivity contribution in [2.24, 2.45) is 0 Å². The first-order chi connectivity index (χ1) is 9.22. The highest BCUT2D eigenvalue weighted by Gasteiger charge is 2.19. The molecule has 0 atom stereocenters. The number of hydrogen-bond acceptors (Lipinski definition) is 3. The summed E-state index contributed by atoms with van der Waals surface area (Å²) in [4.78, 5) is 25.8. The van der Waals surface area contributed by atoms with E-state index in [0.29, 0.717) is 12.2 Å².